The molecule has 0 amide bonds. The molecule has 27 heavy (non-hydrogen) atoms. The highest BCUT2D eigenvalue weighted by atomic mass is 16.6. The van der Waals surface area contributed by atoms with Gasteiger partial charge in [0.05, 0.1) is 13.0 Å². The van der Waals surface area contributed by atoms with E-state index in [1.807, 2.05) is 61.7 Å². The van der Waals surface area contributed by atoms with Gasteiger partial charge in [-0.15, -0.1) is 0 Å². The summed E-state index contributed by atoms with van der Waals surface area (Å²) in [6, 6.07) is 15.8. The number of ether oxygens (including phenoxy) is 2. The Morgan fingerprint density at radius 3 is 2.70 bits per heavy atom. The lowest BCUT2D eigenvalue weighted by Gasteiger charge is -2.17. The van der Waals surface area contributed by atoms with Gasteiger partial charge in [0.1, 0.15) is 19.0 Å². The molecule has 0 aliphatic carbocycles. The van der Waals surface area contributed by atoms with Crippen molar-refractivity contribution < 1.29 is 19.1 Å². The van der Waals surface area contributed by atoms with Gasteiger partial charge in [-0.2, -0.15) is 0 Å². The van der Waals surface area contributed by atoms with E-state index in [4.69, 9.17) is 15.4 Å². The van der Waals surface area contributed by atoms with E-state index >= 15 is 0 Å². The molecule has 6 heteroatoms. The van der Waals surface area contributed by atoms with Gasteiger partial charge in [-0.1, -0.05) is 30.3 Å². The van der Waals surface area contributed by atoms with E-state index in [1.54, 1.807) is 0 Å². The molecule has 0 fully saturated rings. The fraction of sp³-hybridized carbons (Fsp3) is 0.286. The molecule has 3 N–H and O–H groups in total. The first kappa shape index (κ1) is 18.9. The summed E-state index contributed by atoms with van der Waals surface area (Å²) in [7, 11) is 0. The predicted octanol–water partition coefficient (Wildman–Crippen LogP) is 3.52. The molecule has 1 heterocycles. The molecule has 1 atom stereocenters. The third kappa shape index (κ3) is 4.67. The smallest absolute Gasteiger partial charge is 0.306 e. The number of nitrogens with one attached hydrogen (secondary N) is 1. The number of hydrogen-bond donors (Lipinski definition) is 2. The molecular formula is C21H24N2O4. The number of rotatable bonds is 9. The molecule has 3 rings (SSSR count). The zero-order valence-corrected chi connectivity index (χ0v) is 15.3. The zero-order valence-electron chi connectivity index (χ0n) is 15.3. The molecule has 0 bridgehead atoms. The Bertz CT molecular complexity index is 876. The van der Waals surface area contributed by atoms with Crippen molar-refractivity contribution in [2.24, 2.45) is 5.90 Å². The van der Waals surface area contributed by atoms with E-state index < -0.39 is 0 Å². The summed E-state index contributed by atoms with van der Waals surface area (Å²) in [6.45, 7) is 2.87. The number of carbonyl (C=O) groups is 1. The van der Waals surface area contributed by atoms with Crippen LogP contribution in [-0.4, -0.2) is 30.8 Å². The first-order chi connectivity index (χ1) is 13.2. The Labute approximate surface area is 158 Å². The summed E-state index contributed by atoms with van der Waals surface area (Å²) in [5.41, 5.74) is 3.08. The van der Waals surface area contributed by atoms with Gasteiger partial charge in [0.15, 0.2) is 0 Å². The highest BCUT2D eigenvalue weighted by Crippen LogP contribution is 2.35. The van der Waals surface area contributed by atoms with Crippen molar-refractivity contribution in [1.29, 1.82) is 0 Å². The third-order valence-corrected chi connectivity index (χ3v) is 4.41. The summed E-state index contributed by atoms with van der Waals surface area (Å²) < 4.78 is 10.9. The van der Waals surface area contributed by atoms with Gasteiger partial charge in [-0.05, 0) is 36.2 Å². The van der Waals surface area contributed by atoms with Crippen LogP contribution in [0.1, 0.15) is 30.4 Å². The maximum Gasteiger partial charge on any atom is 0.306 e. The molecule has 3 aromatic rings. The number of esters is 1. The van der Waals surface area contributed by atoms with Crippen molar-refractivity contribution in [2.45, 2.75) is 19.3 Å². The molecule has 1 aromatic heterocycles. The highest BCUT2D eigenvalue weighted by molar-refractivity contribution is 5.86. The van der Waals surface area contributed by atoms with E-state index in [0.717, 1.165) is 27.8 Å². The largest absolute Gasteiger partial charge is 0.491 e. The van der Waals surface area contributed by atoms with Crippen LogP contribution in [0.4, 0.5) is 0 Å². The minimum Gasteiger partial charge on any atom is -0.491 e. The number of aromatic amines is 1. The minimum atomic E-state index is -0.215. The Kier molecular flexibility index (Phi) is 6.46. The van der Waals surface area contributed by atoms with Gasteiger partial charge in [0.2, 0.25) is 0 Å². The van der Waals surface area contributed by atoms with Gasteiger partial charge < -0.3 is 19.3 Å². The summed E-state index contributed by atoms with van der Waals surface area (Å²) in [6.07, 6.45) is 2.23. The van der Waals surface area contributed by atoms with Gasteiger partial charge in [0, 0.05) is 23.0 Å². The first-order valence-corrected chi connectivity index (χ1v) is 8.99. The van der Waals surface area contributed by atoms with Crippen LogP contribution >= 0.6 is 0 Å². The van der Waals surface area contributed by atoms with Crippen LogP contribution in [0, 0.1) is 0 Å². The maximum absolute atomic E-state index is 12.2. The zero-order chi connectivity index (χ0) is 19.1. The fourth-order valence-electron chi connectivity index (χ4n) is 3.19. The predicted molar refractivity (Wildman–Crippen MR) is 103 cm³/mol. The molecule has 1 unspecified atom stereocenters. The number of fused-ring (bicyclic) bond motifs is 1. The monoisotopic (exact) mass is 368 g/mol. The van der Waals surface area contributed by atoms with E-state index in [9.17, 15) is 4.79 Å². The number of H-pyrrole nitrogens is 1. The van der Waals surface area contributed by atoms with Crippen LogP contribution in [0.3, 0.4) is 0 Å². The van der Waals surface area contributed by atoms with Crippen molar-refractivity contribution in [3.05, 3.63) is 65.9 Å². The van der Waals surface area contributed by atoms with Crippen molar-refractivity contribution in [3.63, 3.8) is 0 Å². The second kappa shape index (κ2) is 9.21. The van der Waals surface area contributed by atoms with Crippen molar-refractivity contribution in [1.82, 2.24) is 4.98 Å². The second-order valence-electron chi connectivity index (χ2n) is 6.14. The standard InChI is InChI=1S/C21H24N2O4/c1-2-25-21(24)13-17(15-6-4-3-5-7-15)19-14-23-20-9-8-16(12-18(19)20)26-10-11-27-22/h3-9,12,14,17,23H,2,10-11,13,22H2,1H3. The topological polar surface area (TPSA) is 86.6 Å². The Balaban J connectivity index is 1.96. The molecule has 0 saturated heterocycles. The molecule has 0 radical (unpaired) electrons. The molecule has 0 spiro atoms. The van der Waals surface area contributed by atoms with E-state index in [1.165, 1.54) is 0 Å². The quantitative estimate of drug-likeness (QED) is 0.343. The van der Waals surface area contributed by atoms with Crippen LogP contribution < -0.4 is 10.6 Å². The van der Waals surface area contributed by atoms with Crippen LogP contribution in [0.15, 0.2) is 54.7 Å². The Morgan fingerprint density at radius 2 is 1.96 bits per heavy atom. The number of aromatic nitrogens is 1. The fourth-order valence-corrected chi connectivity index (χ4v) is 3.19. The Morgan fingerprint density at radius 1 is 1.15 bits per heavy atom. The van der Waals surface area contributed by atoms with Gasteiger partial charge >= 0.3 is 5.97 Å². The van der Waals surface area contributed by atoms with Crippen LogP contribution in [0.5, 0.6) is 5.75 Å². The first-order valence-electron chi connectivity index (χ1n) is 8.99. The molecular weight excluding hydrogens is 344 g/mol. The number of nitrogens with two attached hydrogens (primary N) is 1. The SMILES string of the molecule is CCOC(=O)CC(c1ccccc1)c1c[nH]c2ccc(OCCON)cc12. The van der Waals surface area contributed by atoms with Gasteiger partial charge in [-0.25, -0.2) is 5.90 Å². The third-order valence-electron chi connectivity index (χ3n) is 4.41. The molecule has 0 aliphatic heterocycles. The number of hydrogen-bond acceptors (Lipinski definition) is 5. The van der Waals surface area contributed by atoms with Crippen molar-refractivity contribution in [2.75, 3.05) is 19.8 Å². The number of benzene rings is 2. The van der Waals surface area contributed by atoms with E-state index in [0.29, 0.717) is 19.8 Å². The maximum atomic E-state index is 12.2. The van der Waals surface area contributed by atoms with Crippen molar-refractivity contribution >= 4 is 16.9 Å². The summed E-state index contributed by atoms with van der Waals surface area (Å²) in [4.78, 5) is 20.0. The van der Waals surface area contributed by atoms with Gasteiger partial charge in [-0.3, -0.25) is 4.79 Å². The highest BCUT2D eigenvalue weighted by Gasteiger charge is 2.22. The molecule has 2 aromatic carbocycles. The van der Waals surface area contributed by atoms with Crippen molar-refractivity contribution in [3.8, 4) is 5.75 Å². The lowest BCUT2D eigenvalue weighted by molar-refractivity contribution is -0.143. The lowest BCUT2D eigenvalue weighted by Crippen LogP contribution is -2.11. The van der Waals surface area contributed by atoms with E-state index in [2.05, 4.69) is 9.82 Å². The van der Waals surface area contributed by atoms with Crippen LogP contribution in [0.2, 0.25) is 0 Å². The van der Waals surface area contributed by atoms with Crippen LogP contribution in [-0.2, 0) is 14.4 Å². The summed E-state index contributed by atoms with van der Waals surface area (Å²) in [5, 5.41) is 1.01. The average Bonchev–Trinajstić information content (AvgIpc) is 3.10. The molecule has 0 aliphatic rings. The molecule has 6 nitrogen and oxygen atoms in total. The lowest BCUT2D eigenvalue weighted by atomic mass is 9.88. The Hall–Kier alpha value is -2.83. The average molecular weight is 368 g/mol. The molecule has 0 saturated carbocycles. The summed E-state index contributed by atoms with van der Waals surface area (Å²) in [5.74, 6) is 5.44. The normalized spacial score (nSPS) is 12.1. The van der Waals surface area contributed by atoms with Crippen LogP contribution in [0.25, 0.3) is 10.9 Å². The molecule has 142 valence electrons. The van der Waals surface area contributed by atoms with E-state index in [-0.39, 0.29) is 18.3 Å². The van der Waals surface area contributed by atoms with Gasteiger partial charge in [0.25, 0.3) is 0 Å². The number of carbonyl (C=O) groups excluding carboxylic acids is 1. The summed E-state index contributed by atoms with van der Waals surface area (Å²) >= 11 is 0. The minimum absolute atomic E-state index is 0.110. The second-order valence-corrected chi connectivity index (χ2v) is 6.14.